The number of aromatic nitrogens is 1. The number of carbonyl (C=O) groups is 3. The molecule has 160 valence electrons. The SMILES string of the molecule is CCOC(=O)c1c(C)[nH]c(C(=O)C(=O)N2[C@H](C)CCC[C@H]2C)c1-c1ccc(F)cc1. The highest BCUT2D eigenvalue weighted by Crippen LogP contribution is 2.33. The van der Waals surface area contributed by atoms with Gasteiger partial charge < -0.3 is 14.6 Å². The van der Waals surface area contributed by atoms with E-state index in [0.717, 1.165) is 19.3 Å². The van der Waals surface area contributed by atoms with E-state index in [9.17, 15) is 18.8 Å². The van der Waals surface area contributed by atoms with Crippen molar-refractivity contribution in [1.82, 2.24) is 9.88 Å². The van der Waals surface area contributed by atoms with Gasteiger partial charge in [0.15, 0.2) is 0 Å². The molecule has 1 aromatic heterocycles. The molecule has 6 nitrogen and oxygen atoms in total. The summed E-state index contributed by atoms with van der Waals surface area (Å²) in [7, 11) is 0. The summed E-state index contributed by atoms with van der Waals surface area (Å²) in [4.78, 5) is 43.6. The van der Waals surface area contributed by atoms with E-state index in [0.29, 0.717) is 11.3 Å². The summed E-state index contributed by atoms with van der Waals surface area (Å²) in [6, 6.07) is 5.37. The number of ketones is 1. The minimum Gasteiger partial charge on any atom is -0.462 e. The van der Waals surface area contributed by atoms with Crippen molar-refractivity contribution in [2.75, 3.05) is 6.61 Å². The van der Waals surface area contributed by atoms with Crippen LogP contribution in [0.4, 0.5) is 4.39 Å². The molecule has 30 heavy (non-hydrogen) atoms. The number of hydrogen-bond donors (Lipinski definition) is 1. The van der Waals surface area contributed by atoms with E-state index in [1.165, 1.54) is 24.3 Å². The predicted octanol–water partition coefficient (Wildman–Crippen LogP) is 4.28. The number of nitrogens with one attached hydrogen (secondary N) is 1. The second kappa shape index (κ2) is 8.81. The molecule has 1 N–H and O–H groups in total. The number of rotatable bonds is 5. The van der Waals surface area contributed by atoms with Crippen molar-refractivity contribution >= 4 is 17.7 Å². The second-order valence-electron chi connectivity index (χ2n) is 7.77. The molecule has 2 atom stereocenters. The average molecular weight is 414 g/mol. The maximum absolute atomic E-state index is 13.5. The minimum atomic E-state index is -0.714. The van der Waals surface area contributed by atoms with Gasteiger partial charge in [0.05, 0.1) is 12.2 Å². The quantitative estimate of drug-likeness (QED) is 0.450. The molecule has 1 aromatic carbocycles. The van der Waals surface area contributed by atoms with Gasteiger partial charge in [0.25, 0.3) is 11.7 Å². The second-order valence-corrected chi connectivity index (χ2v) is 7.77. The van der Waals surface area contributed by atoms with Gasteiger partial charge in [0.2, 0.25) is 0 Å². The van der Waals surface area contributed by atoms with Gasteiger partial charge in [-0.1, -0.05) is 12.1 Å². The fraction of sp³-hybridized carbons (Fsp3) is 0.435. The third kappa shape index (κ3) is 4.01. The number of carbonyl (C=O) groups excluding carboxylic acids is 3. The lowest BCUT2D eigenvalue weighted by Gasteiger charge is -2.38. The lowest BCUT2D eigenvalue weighted by molar-refractivity contribution is -0.132. The molecule has 7 heteroatoms. The largest absolute Gasteiger partial charge is 0.462 e. The first-order valence-electron chi connectivity index (χ1n) is 10.3. The zero-order valence-electron chi connectivity index (χ0n) is 17.8. The highest BCUT2D eigenvalue weighted by atomic mass is 19.1. The summed E-state index contributed by atoms with van der Waals surface area (Å²) in [5, 5.41) is 0. The van der Waals surface area contributed by atoms with Crippen LogP contribution in [0.25, 0.3) is 11.1 Å². The van der Waals surface area contributed by atoms with Gasteiger partial charge in [0.1, 0.15) is 11.5 Å². The first-order chi connectivity index (χ1) is 14.3. The Morgan fingerprint density at radius 1 is 1.13 bits per heavy atom. The number of nitrogens with zero attached hydrogens (tertiary/aromatic N) is 1. The molecule has 1 fully saturated rings. The Bertz CT molecular complexity index is 954. The Hall–Kier alpha value is -2.96. The molecule has 3 rings (SSSR count). The molecular formula is C23H27FN2O4. The van der Waals surface area contributed by atoms with E-state index in [4.69, 9.17) is 4.74 Å². The Labute approximate surface area is 175 Å². The van der Waals surface area contributed by atoms with E-state index < -0.39 is 23.5 Å². The van der Waals surface area contributed by atoms with Gasteiger partial charge in [-0.3, -0.25) is 9.59 Å². The van der Waals surface area contributed by atoms with Crippen LogP contribution in [0.1, 0.15) is 66.6 Å². The van der Waals surface area contributed by atoms with Gasteiger partial charge in [-0.25, -0.2) is 9.18 Å². The molecule has 0 unspecified atom stereocenters. The van der Waals surface area contributed by atoms with Crippen LogP contribution in [0.3, 0.4) is 0 Å². The van der Waals surface area contributed by atoms with E-state index in [1.807, 2.05) is 13.8 Å². The topological polar surface area (TPSA) is 79.5 Å². The molecule has 0 radical (unpaired) electrons. The molecule has 2 heterocycles. The third-order valence-electron chi connectivity index (χ3n) is 5.65. The van der Waals surface area contributed by atoms with Gasteiger partial charge in [-0.2, -0.15) is 0 Å². The van der Waals surface area contributed by atoms with Crippen molar-refractivity contribution in [3.8, 4) is 11.1 Å². The van der Waals surface area contributed by atoms with Crippen LogP contribution in [-0.2, 0) is 9.53 Å². The summed E-state index contributed by atoms with van der Waals surface area (Å²) in [6.07, 6.45) is 2.69. The van der Waals surface area contributed by atoms with E-state index >= 15 is 0 Å². The Kier molecular flexibility index (Phi) is 6.39. The van der Waals surface area contributed by atoms with Crippen molar-refractivity contribution in [3.63, 3.8) is 0 Å². The van der Waals surface area contributed by atoms with Crippen LogP contribution in [-0.4, -0.2) is 46.2 Å². The zero-order chi connectivity index (χ0) is 22.0. The van der Waals surface area contributed by atoms with Crippen LogP contribution in [0.15, 0.2) is 24.3 Å². The molecule has 2 aromatic rings. The normalized spacial score (nSPS) is 18.9. The number of likely N-dealkylation sites (tertiary alicyclic amines) is 1. The van der Waals surface area contributed by atoms with Crippen molar-refractivity contribution in [3.05, 3.63) is 47.0 Å². The predicted molar refractivity (Wildman–Crippen MR) is 111 cm³/mol. The van der Waals surface area contributed by atoms with Crippen molar-refractivity contribution in [1.29, 1.82) is 0 Å². The molecule has 0 bridgehead atoms. The fourth-order valence-corrected chi connectivity index (χ4v) is 4.20. The molecular weight excluding hydrogens is 387 g/mol. The molecule has 0 saturated carbocycles. The number of Topliss-reactive ketones (excluding diaryl/α,β-unsaturated/α-hetero) is 1. The van der Waals surface area contributed by atoms with E-state index in [-0.39, 0.29) is 35.5 Å². The van der Waals surface area contributed by atoms with E-state index in [2.05, 4.69) is 4.98 Å². The molecule has 1 aliphatic rings. The molecule has 0 aliphatic carbocycles. The number of amides is 1. The number of ether oxygens (including phenoxy) is 1. The number of halogens is 1. The summed E-state index contributed by atoms with van der Waals surface area (Å²) < 4.78 is 18.6. The Balaban J connectivity index is 2.10. The lowest BCUT2D eigenvalue weighted by Crippen LogP contribution is -2.50. The first-order valence-corrected chi connectivity index (χ1v) is 10.3. The smallest absolute Gasteiger partial charge is 0.340 e. The Morgan fingerprint density at radius 3 is 2.30 bits per heavy atom. The van der Waals surface area contributed by atoms with Crippen molar-refractivity contribution < 1.29 is 23.5 Å². The van der Waals surface area contributed by atoms with Crippen LogP contribution < -0.4 is 0 Å². The third-order valence-corrected chi connectivity index (χ3v) is 5.65. The van der Waals surface area contributed by atoms with Gasteiger partial charge >= 0.3 is 5.97 Å². The number of benzene rings is 1. The van der Waals surface area contributed by atoms with Crippen LogP contribution in [0.2, 0.25) is 0 Å². The summed E-state index contributed by atoms with van der Waals surface area (Å²) in [6.45, 7) is 7.37. The molecule has 0 spiro atoms. The van der Waals surface area contributed by atoms with Gasteiger partial charge in [-0.15, -0.1) is 0 Å². The summed E-state index contributed by atoms with van der Waals surface area (Å²) in [5.74, 6) is -2.36. The molecule has 1 saturated heterocycles. The Morgan fingerprint density at radius 2 is 1.73 bits per heavy atom. The minimum absolute atomic E-state index is 0.0251. The maximum Gasteiger partial charge on any atom is 0.340 e. The summed E-state index contributed by atoms with van der Waals surface area (Å²) in [5.41, 5.74) is 1.35. The number of hydrogen-bond acceptors (Lipinski definition) is 4. The van der Waals surface area contributed by atoms with Crippen LogP contribution >= 0.6 is 0 Å². The molecule has 1 aliphatic heterocycles. The fourth-order valence-electron chi connectivity index (χ4n) is 4.20. The number of aryl methyl sites for hydroxylation is 1. The number of piperidine rings is 1. The number of aromatic amines is 1. The lowest BCUT2D eigenvalue weighted by atomic mass is 9.95. The number of H-pyrrole nitrogens is 1. The highest BCUT2D eigenvalue weighted by molar-refractivity contribution is 6.44. The van der Waals surface area contributed by atoms with Gasteiger partial charge in [-0.05, 0) is 64.7 Å². The van der Waals surface area contributed by atoms with Crippen LogP contribution in [0, 0.1) is 12.7 Å². The van der Waals surface area contributed by atoms with Gasteiger partial charge in [0, 0.05) is 23.3 Å². The van der Waals surface area contributed by atoms with E-state index in [1.54, 1.807) is 18.7 Å². The zero-order valence-corrected chi connectivity index (χ0v) is 17.8. The van der Waals surface area contributed by atoms with Crippen molar-refractivity contribution in [2.45, 2.75) is 59.0 Å². The average Bonchev–Trinajstić information content (AvgIpc) is 3.05. The number of esters is 1. The standard InChI is InChI=1S/C23H27FN2O4/c1-5-30-23(29)18-15(4)25-20(19(18)16-9-11-17(24)12-10-16)21(27)22(28)26-13(2)7-6-8-14(26)3/h9-14,25H,5-8H2,1-4H3/t13-,14-/m1/s1. The highest BCUT2D eigenvalue weighted by Gasteiger charge is 2.36. The first kappa shape index (κ1) is 21.7. The van der Waals surface area contributed by atoms with Crippen molar-refractivity contribution in [2.24, 2.45) is 0 Å². The summed E-state index contributed by atoms with van der Waals surface area (Å²) >= 11 is 0. The molecule has 1 amide bonds. The van der Waals surface area contributed by atoms with Crippen LogP contribution in [0.5, 0.6) is 0 Å². The maximum atomic E-state index is 13.5. The monoisotopic (exact) mass is 414 g/mol.